The second-order valence-corrected chi connectivity index (χ2v) is 4.15. The summed E-state index contributed by atoms with van der Waals surface area (Å²) >= 11 is 0. The van der Waals surface area contributed by atoms with Crippen molar-refractivity contribution in [3.8, 4) is 0 Å². The summed E-state index contributed by atoms with van der Waals surface area (Å²) in [4.78, 5) is 13.9. The number of hydrogen-bond donors (Lipinski definition) is 1. The Hall–Kier alpha value is -1.32. The van der Waals surface area contributed by atoms with Gasteiger partial charge in [-0.1, -0.05) is 13.3 Å². The molecule has 1 aromatic heterocycles. The lowest BCUT2D eigenvalue weighted by Crippen LogP contribution is -2.39. The Morgan fingerprint density at radius 1 is 1.73 bits per heavy atom. The van der Waals surface area contributed by atoms with Crippen molar-refractivity contribution in [3.05, 3.63) is 18.0 Å². The number of H-pyrrole nitrogens is 1. The summed E-state index contributed by atoms with van der Waals surface area (Å²) in [5, 5.41) is 6.48. The summed E-state index contributed by atoms with van der Waals surface area (Å²) < 4.78 is 0. The van der Waals surface area contributed by atoms with Crippen LogP contribution in [0.1, 0.15) is 36.5 Å². The molecule has 0 spiro atoms. The molecule has 15 heavy (non-hydrogen) atoms. The molecule has 2 heterocycles. The van der Waals surface area contributed by atoms with Crippen molar-refractivity contribution in [3.63, 3.8) is 0 Å². The highest BCUT2D eigenvalue weighted by Gasteiger charge is 2.23. The molecule has 2 rings (SSSR count). The summed E-state index contributed by atoms with van der Waals surface area (Å²) in [6.45, 7) is 3.98. The molecule has 0 aromatic carbocycles. The van der Waals surface area contributed by atoms with Crippen LogP contribution in [-0.2, 0) is 0 Å². The lowest BCUT2D eigenvalue weighted by Gasteiger charge is -2.32. The van der Waals surface area contributed by atoms with Gasteiger partial charge in [0.25, 0.3) is 5.91 Å². The summed E-state index contributed by atoms with van der Waals surface area (Å²) in [5.74, 6) is 0.788. The predicted octanol–water partition coefficient (Wildman–Crippen LogP) is 1.67. The van der Waals surface area contributed by atoms with Crippen LogP contribution in [0, 0.1) is 5.92 Å². The Morgan fingerprint density at radius 3 is 3.27 bits per heavy atom. The predicted molar refractivity (Wildman–Crippen MR) is 57.5 cm³/mol. The summed E-state index contributed by atoms with van der Waals surface area (Å²) in [5.41, 5.74) is 0.673. The van der Waals surface area contributed by atoms with Gasteiger partial charge >= 0.3 is 0 Å². The van der Waals surface area contributed by atoms with E-state index < -0.39 is 0 Å². The highest BCUT2D eigenvalue weighted by atomic mass is 16.2. The number of carbonyl (C=O) groups excluding carboxylic acids is 1. The van der Waals surface area contributed by atoms with Crippen LogP contribution in [0.4, 0.5) is 0 Å². The Morgan fingerprint density at radius 2 is 2.60 bits per heavy atom. The first-order valence-corrected chi connectivity index (χ1v) is 5.59. The molecule has 1 fully saturated rings. The van der Waals surface area contributed by atoms with Crippen LogP contribution < -0.4 is 0 Å². The van der Waals surface area contributed by atoms with Crippen LogP contribution >= 0.6 is 0 Å². The van der Waals surface area contributed by atoms with Gasteiger partial charge in [-0.3, -0.25) is 9.89 Å². The second-order valence-electron chi connectivity index (χ2n) is 4.15. The van der Waals surface area contributed by atoms with Gasteiger partial charge in [-0.25, -0.2) is 0 Å². The van der Waals surface area contributed by atoms with E-state index in [0.717, 1.165) is 25.9 Å². The number of nitrogens with one attached hydrogen (secondary N) is 1. The fourth-order valence-corrected chi connectivity index (χ4v) is 2.13. The minimum absolute atomic E-state index is 0.113. The number of carbonyl (C=O) groups is 1. The highest BCUT2D eigenvalue weighted by molar-refractivity contribution is 5.93. The van der Waals surface area contributed by atoms with Gasteiger partial charge in [-0.2, -0.15) is 5.10 Å². The Kier molecular flexibility index (Phi) is 3.04. The zero-order valence-corrected chi connectivity index (χ0v) is 9.07. The van der Waals surface area contributed by atoms with Gasteiger partial charge in [-0.05, 0) is 18.8 Å². The maximum absolute atomic E-state index is 12.0. The fraction of sp³-hybridized carbons (Fsp3) is 0.636. The number of hydrogen-bond acceptors (Lipinski definition) is 2. The summed E-state index contributed by atoms with van der Waals surface area (Å²) in [7, 11) is 0. The summed E-state index contributed by atoms with van der Waals surface area (Å²) in [6, 6.07) is 0. The van der Waals surface area contributed by atoms with E-state index in [1.165, 1.54) is 6.42 Å². The zero-order valence-electron chi connectivity index (χ0n) is 9.07. The van der Waals surface area contributed by atoms with Gasteiger partial charge in [0.15, 0.2) is 0 Å². The molecule has 1 unspecified atom stereocenters. The number of aromatic nitrogens is 2. The first-order valence-electron chi connectivity index (χ1n) is 5.59. The van der Waals surface area contributed by atoms with Gasteiger partial charge < -0.3 is 4.90 Å². The molecule has 4 nitrogen and oxygen atoms in total. The van der Waals surface area contributed by atoms with Crippen LogP contribution in [0.5, 0.6) is 0 Å². The topological polar surface area (TPSA) is 49.0 Å². The number of aromatic amines is 1. The SMILES string of the molecule is CCC1CCCN(C(=O)c2cn[nH]c2)C1. The van der Waals surface area contributed by atoms with Crippen molar-refractivity contribution in [1.29, 1.82) is 0 Å². The van der Waals surface area contributed by atoms with Crippen molar-refractivity contribution < 1.29 is 4.79 Å². The van der Waals surface area contributed by atoms with Crippen LogP contribution in [0.15, 0.2) is 12.4 Å². The van der Waals surface area contributed by atoms with E-state index in [9.17, 15) is 4.79 Å². The van der Waals surface area contributed by atoms with E-state index in [2.05, 4.69) is 17.1 Å². The average Bonchev–Trinajstić information content (AvgIpc) is 2.81. The molecule has 1 N–H and O–H groups in total. The fourth-order valence-electron chi connectivity index (χ4n) is 2.13. The Labute approximate surface area is 89.7 Å². The molecular formula is C11H17N3O. The third kappa shape index (κ3) is 2.19. The number of rotatable bonds is 2. The molecule has 1 saturated heterocycles. The molecule has 0 bridgehead atoms. The molecule has 1 aromatic rings. The molecule has 1 amide bonds. The van der Waals surface area contributed by atoms with Gasteiger partial charge in [-0.15, -0.1) is 0 Å². The lowest BCUT2D eigenvalue weighted by atomic mass is 9.95. The molecule has 1 aliphatic heterocycles. The quantitative estimate of drug-likeness (QED) is 0.802. The monoisotopic (exact) mass is 207 g/mol. The third-order valence-corrected chi connectivity index (χ3v) is 3.13. The van der Waals surface area contributed by atoms with Gasteiger partial charge in [0.2, 0.25) is 0 Å². The van der Waals surface area contributed by atoms with Gasteiger partial charge in [0.05, 0.1) is 11.8 Å². The maximum Gasteiger partial charge on any atom is 0.257 e. The molecule has 1 atom stereocenters. The Bertz CT molecular complexity index is 321. The maximum atomic E-state index is 12.0. The van der Waals surface area contributed by atoms with E-state index in [-0.39, 0.29) is 5.91 Å². The molecule has 0 saturated carbocycles. The van der Waals surface area contributed by atoms with E-state index in [1.807, 2.05) is 4.90 Å². The molecule has 1 aliphatic rings. The highest BCUT2D eigenvalue weighted by Crippen LogP contribution is 2.20. The number of piperidine rings is 1. The molecular weight excluding hydrogens is 190 g/mol. The van der Waals surface area contributed by atoms with E-state index in [0.29, 0.717) is 11.5 Å². The number of amides is 1. The molecule has 4 heteroatoms. The van der Waals surface area contributed by atoms with Crippen molar-refractivity contribution in [2.75, 3.05) is 13.1 Å². The van der Waals surface area contributed by atoms with Crippen molar-refractivity contribution in [1.82, 2.24) is 15.1 Å². The van der Waals surface area contributed by atoms with E-state index in [1.54, 1.807) is 12.4 Å². The zero-order chi connectivity index (χ0) is 10.7. The van der Waals surface area contributed by atoms with E-state index in [4.69, 9.17) is 0 Å². The minimum atomic E-state index is 0.113. The normalized spacial score (nSPS) is 21.7. The van der Waals surface area contributed by atoms with Crippen LogP contribution in [0.3, 0.4) is 0 Å². The first kappa shape index (κ1) is 10.2. The number of likely N-dealkylation sites (tertiary alicyclic amines) is 1. The Balaban J connectivity index is 2.01. The van der Waals surface area contributed by atoms with Crippen LogP contribution in [0.25, 0.3) is 0 Å². The van der Waals surface area contributed by atoms with E-state index >= 15 is 0 Å². The minimum Gasteiger partial charge on any atom is -0.338 e. The average molecular weight is 207 g/mol. The standard InChI is InChI=1S/C11H17N3O/c1-2-9-4-3-5-14(8-9)11(15)10-6-12-13-7-10/h6-7,9H,2-5,8H2,1H3,(H,12,13). The van der Waals surface area contributed by atoms with Crippen LogP contribution in [-0.4, -0.2) is 34.1 Å². The second kappa shape index (κ2) is 4.47. The van der Waals surface area contributed by atoms with Gasteiger partial charge in [0.1, 0.15) is 0 Å². The molecule has 0 radical (unpaired) electrons. The molecule has 82 valence electrons. The van der Waals surface area contributed by atoms with Crippen LogP contribution in [0.2, 0.25) is 0 Å². The van der Waals surface area contributed by atoms with Crippen molar-refractivity contribution >= 4 is 5.91 Å². The lowest BCUT2D eigenvalue weighted by molar-refractivity contribution is 0.0671. The van der Waals surface area contributed by atoms with Gasteiger partial charge in [0, 0.05) is 19.3 Å². The third-order valence-electron chi connectivity index (χ3n) is 3.13. The molecule has 0 aliphatic carbocycles. The summed E-state index contributed by atoms with van der Waals surface area (Å²) in [6.07, 6.45) is 6.80. The largest absolute Gasteiger partial charge is 0.338 e. The number of nitrogens with zero attached hydrogens (tertiary/aromatic N) is 2. The van der Waals surface area contributed by atoms with Crippen molar-refractivity contribution in [2.24, 2.45) is 5.92 Å². The van der Waals surface area contributed by atoms with Crippen molar-refractivity contribution in [2.45, 2.75) is 26.2 Å². The smallest absolute Gasteiger partial charge is 0.257 e. The first-order chi connectivity index (χ1) is 7.31.